The molecule has 2 heterocycles. The number of hydrogen-bond acceptors (Lipinski definition) is 4. The van der Waals surface area contributed by atoms with Crippen LogP contribution in [0.3, 0.4) is 0 Å². The number of ether oxygens (including phenoxy) is 1. The molecular weight excluding hydrogens is 416 g/mol. The first-order valence-corrected chi connectivity index (χ1v) is 11.2. The van der Waals surface area contributed by atoms with E-state index in [1.54, 1.807) is 0 Å². The van der Waals surface area contributed by atoms with Gasteiger partial charge >= 0.3 is 5.97 Å². The van der Waals surface area contributed by atoms with Gasteiger partial charge < -0.3 is 9.84 Å². The van der Waals surface area contributed by atoms with Crippen molar-refractivity contribution in [1.29, 1.82) is 0 Å². The van der Waals surface area contributed by atoms with Crippen LogP contribution in [0, 0.1) is 5.92 Å². The third-order valence-corrected chi connectivity index (χ3v) is 7.62. The molecule has 0 radical (unpaired) electrons. The number of carbonyl (C=O) groups is 2. The van der Waals surface area contributed by atoms with Crippen LogP contribution in [0.25, 0.3) is 5.57 Å². The lowest BCUT2D eigenvalue weighted by Gasteiger charge is -2.19. The fourth-order valence-electron chi connectivity index (χ4n) is 4.81. The normalized spacial score (nSPS) is 27.4. The number of carboxylic acid groups (broad SMARTS) is 1. The fraction of sp³-hybridized carbons (Fsp3) is 0.458. The summed E-state index contributed by atoms with van der Waals surface area (Å²) in [4.78, 5) is 25.0. The molecule has 2 aromatic rings. The lowest BCUT2D eigenvalue weighted by molar-refractivity contribution is -0.141. The van der Waals surface area contributed by atoms with E-state index in [1.807, 2.05) is 30.3 Å². The van der Waals surface area contributed by atoms with E-state index in [2.05, 4.69) is 6.92 Å². The maximum Gasteiger partial charge on any atom is 0.306 e. The summed E-state index contributed by atoms with van der Waals surface area (Å²) in [6.07, 6.45) is 5.26. The Bertz CT molecular complexity index is 1100. The van der Waals surface area contributed by atoms with Crippen LogP contribution < -0.4 is 0 Å². The summed E-state index contributed by atoms with van der Waals surface area (Å²) >= 11 is 6.40. The molecule has 31 heavy (non-hydrogen) atoms. The fourth-order valence-corrected chi connectivity index (χ4v) is 5.25. The number of hydrogen-bond donors (Lipinski definition) is 1. The Hall–Kier alpha value is -2.44. The molecule has 1 fully saturated rings. The number of rotatable bonds is 4. The van der Waals surface area contributed by atoms with E-state index in [4.69, 9.17) is 21.4 Å². The van der Waals surface area contributed by atoms with Crippen LogP contribution in [0.1, 0.15) is 65.5 Å². The minimum absolute atomic E-state index is 0.0291. The molecule has 3 atom stereocenters. The van der Waals surface area contributed by atoms with Crippen molar-refractivity contribution in [1.82, 2.24) is 9.78 Å². The van der Waals surface area contributed by atoms with Gasteiger partial charge in [0, 0.05) is 21.9 Å². The maximum atomic E-state index is 13.7. The second kappa shape index (κ2) is 7.61. The number of aliphatic carboxylic acids is 1. The Morgan fingerprint density at radius 1 is 1.29 bits per heavy atom. The van der Waals surface area contributed by atoms with Crippen LogP contribution in [0.2, 0.25) is 0 Å². The van der Waals surface area contributed by atoms with Gasteiger partial charge in [-0.05, 0) is 49.3 Å². The molecule has 3 aliphatic rings. The van der Waals surface area contributed by atoms with Gasteiger partial charge in [-0.25, -0.2) is 0 Å². The number of carboxylic acids is 1. The van der Waals surface area contributed by atoms with Crippen LogP contribution in [-0.4, -0.2) is 38.7 Å². The monoisotopic (exact) mass is 440 g/mol. The molecule has 1 N–H and O–H groups in total. The van der Waals surface area contributed by atoms with Crippen LogP contribution in [-0.2, 0) is 28.0 Å². The zero-order chi connectivity index (χ0) is 21.8. The molecule has 1 saturated carbocycles. The number of alkyl halides is 1. The van der Waals surface area contributed by atoms with Crippen molar-refractivity contribution >= 4 is 29.1 Å². The summed E-state index contributed by atoms with van der Waals surface area (Å²) in [6.45, 7) is 3.03. The molecule has 7 heteroatoms. The maximum absolute atomic E-state index is 13.7. The quantitative estimate of drug-likeness (QED) is 0.721. The van der Waals surface area contributed by atoms with E-state index in [0.717, 1.165) is 34.5 Å². The van der Waals surface area contributed by atoms with E-state index in [-0.39, 0.29) is 22.6 Å². The minimum Gasteiger partial charge on any atom is -0.481 e. The molecule has 5 rings (SSSR count). The number of aromatic nitrogens is 2. The molecule has 3 unspecified atom stereocenters. The molecular formula is C24H25ClN2O4. The van der Waals surface area contributed by atoms with Crippen molar-refractivity contribution in [2.45, 2.75) is 56.4 Å². The van der Waals surface area contributed by atoms with E-state index < -0.39 is 5.97 Å². The first-order valence-electron chi connectivity index (χ1n) is 10.8. The lowest BCUT2D eigenvalue weighted by Crippen LogP contribution is -2.23. The van der Waals surface area contributed by atoms with Gasteiger partial charge in [-0.15, -0.1) is 11.6 Å². The number of halogens is 1. The molecule has 1 aliphatic heterocycles. The predicted molar refractivity (Wildman–Crippen MR) is 116 cm³/mol. The van der Waals surface area contributed by atoms with Crippen LogP contribution in [0.15, 0.2) is 30.3 Å². The SMILES string of the molecule is CC1(c2ccccc2C(=O)n2nc(C3=CCC(C(=O)O)CC3)c3c2COCC3)CC1Cl. The Balaban J connectivity index is 1.55. The molecule has 2 aliphatic carbocycles. The second-order valence-electron chi connectivity index (χ2n) is 8.97. The van der Waals surface area contributed by atoms with E-state index in [1.165, 1.54) is 4.68 Å². The van der Waals surface area contributed by atoms with E-state index in [9.17, 15) is 14.7 Å². The highest BCUT2D eigenvalue weighted by molar-refractivity contribution is 6.24. The Morgan fingerprint density at radius 2 is 2.06 bits per heavy atom. The second-order valence-corrected chi connectivity index (χ2v) is 9.49. The number of benzene rings is 1. The van der Waals surface area contributed by atoms with Gasteiger partial charge in [0.2, 0.25) is 0 Å². The minimum atomic E-state index is -0.755. The lowest BCUT2D eigenvalue weighted by atomic mass is 9.87. The van der Waals surface area contributed by atoms with Crippen LogP contribution >= 0.6 is 11.6 Å². The Morgan fingerprint density at radius 3 is 2.74 bits per heavy atom. The molecule has 0 spiro atoms. The number of nitrogens with zero attached hydrogens (tertiary/aromatic N) is 2. The van der Waals surface area contributed by atoms with E-state index >= 15 is 0 Å². The smallest absolute Gasteiger partial charge is 0.306 e. The first kappa shape index (κ1) is 20.5. The van der Waals surface area contributed by atoms with Gasteiger partial charge in [-0.1, -0.05) is 31.2 Å². The third kappa shape index (κ3) is 3.42. The standard InChI is InChI=1S/C24H25ClN2O4/c1-24(12-20(24)25)18-5-3-2-4-16(18)22(28)27-19-13-31-11-10-17(19)21(26-27)14-6-8-15(9-7-14)23(29)30/h2-6,15,20H,7-13H2,1H3,(H,29,30). The van der Waals surface area contributed by atoms with Crippen molar-refractivity contribution in [2.75, 3.05) is 6.61 Å². The van der Waals surface area contributed by atoms with E-state index in [0.29, 0.717) is 44.5 Å². The van der Waals surface area contributed by atoms with Gasteiger partial charge in [0.25, 0.3) is 5.91 Å². The largest absolute Gasteiger partial charge is 0.481 e. The molecule has 0 saturated heterocycles. The average molecular weight is 441 g/mol. The van der Waals surface area contributed by atoms with Gasteiger partial charge in [0.1, 0.15) is 0 Å². The summed E-state index contributed by atoms with van der Waals surface area (Å²) in [5, 5.41) is 14.1. The van der Waals surface area contributed by atoms with Gasteiger partial charge in [0.15, 0.2) is 0 Å². The van der Waals surface area contributed by atoms with Crippen molar-refractivity contribution in [3.63, 3.8) is 0 Å². The number of allylic oxidation sites excluding steroid dienone is 2. The summed E-state index contributed by atoms with van der Waals surface area (Å²) < 4.78 is 7.17. The molecule has 0 bridgehead atoms. The molecule has 1 aromatic carbocycles. The van der Waals surface area contributed by atoms with Crippen molar-refractivity contribution in [2.24, 2.45) is 5.92 Å². The zero-order valence-electron chi connectivity index (χ0n) is 17.4. The molecule has 162 valence electrons. The highest BCUT2D eigenvalue weighted by atomic mass is 35.5. The zero-order valence-corrected chi connectivity index (χ0v) is 18.2. The Labute approximate surface area is 185 Å². The predicted octanol–water partition coefficient (Wildman–Crippen LogP) is 4.18. The van der Waals surface area contributed by atoms with Crippen LogP contribution in [0.5, 0.6) is 0 Å². The summed E-state index contributed by atoms with van der Waals surface area (Å²) in [5.74, 6) is -1.27. The molecule has 1 aromatic heterocycles. The highest BCUT2D eigenvalue weighted by Crippen LogP contribution is 2.52. The highest BCUT2D eigenvalue weighted by Gasteiger charge is 2.51. The summed E-state index contributed by atoms with van der Waals surface area (Å²) in [7, 11) is 0. The van der Waals surface area contributed by atoms with Crippen molar-refractivity contribution < 1.29 is 19.4 Å². The topological polar surface area (TPSA) is 81.4 Å². The Kier molecular flexibility index (Phi) is 5.02. The molecule has 0 amide bonds. The third-order valence-electron chi connectivity index (χ3n) is 6.99. The van der Waals surface area contributed by atoms with Crippen molar-refractivity contribution in [3.8, 4) is 0 Å². The van der Waals surface area contributed by atoms with Crippen molar-refractivity contribution in [3.05, 3.63) is 58.4 Å². The van der Waals surface area contributed by atoms with Gasteiger partial charge in [-0.2, -0.15) is 9.78 Å². The summed E-state index contributed by atoms with van der Waals surface area (Å²) in [5.41, 5.74) is 5.09. The number of fused-ring (bicyclic) bond motifs is 1. The van der Waals surface area contributed by atoms with Crippen LogP contribution in [0.4, 0.5) is 0 Å². The van der Waals surface area contributed by atoms with Gasteiger partial charge in [0.05, 0.1) is 30.5 Å². The summed E-state index contributed by atoms with van der Waals surface area (Å²) in [6, 6.07) is 7.64. The average Bonchev–Trinajstić information content (AvgIpc) is 3.24. The first-order chi connectivity index (χ1) is 14.9. The van der Waals surface area contributed by atoms with Gasteiger partial charge in [-0.3, -0.25) is 9.59 Å². The molecule has 6 nitrogen and oxygen atoms in total. The number of carbonyl (C=O) groups excluding carboxylic acids is 1.